The number of hydrogen-bond donors (Lipinski definition) is 1. The number of aliphatic hydroxyl groups is 1. The van der Waals surface area contributed by atoms with E-state index in [1.54, 1.807) is 11.1 Å². The minimum atomic E-state index is 0.246. The quantitative estimate of drug-likeness (QED) is 0.608. The lowest BCUT2D eigenvalue weighted by molar-refractivity contribution is 0.282. The molecule has 3 rings (SSSR count). The molecule has 1 nitrogen and oxygen atoms in total. The van der Waals surface area contributed by atoms with Crippen molar-refractivity contribution in [3.8, 4) is 9.75 Å². The topological polar surface area (TPSA) is 20.2 Å². The maximum absolute atomic E-state index is 8.79. The molecule has 0 bridgehead atoms. The van der Waals surface area contributed by atoms with Crippen molar-refractivity contribution in [2.24, 2.45) is 0 Å². The Bertz CT molecular complexity index is 541. The van der Waals surface area contributed by atoms with Gasteiger partial charge in [-0.15, -0.1) is 22.7 Å². The van der Waals surface area contributed by atoms with Crippen molar-refractivity contribution in [3.63, 3.8) is 0 Å². The van der Waals surface area contributed by atoms with E-state index < -0.39 is 0 Å². The zero-order valence-electron chi connectivity index (χ0n) is 12.7. The average Bonchev–Trinajstić information content (AvgIpc) is 3.16. The standard InChI is InChI=1S/C18H24OS2/c1-18(10-6-4-2-3-5-7-11-19)14-8-12-20-16(14)17-15(18)9-13-21-17/h8-9,12-13,19H,2-7,10-11H2,1H3. The summed E-state index contributed by atoms with van der Waals surface area (Å²) in [7, 11) is 0. The lowest BCUT2D eigenvalue weighted by Gasteiger charge is -2.25. The maximum atomic E-state index is 8.79. The first-order valence-corrected chi connectivity index (χ1v) is 9.80. The molecule has 2 heterocycles. The summed E-state index contributed by atoms with van der Waals surface area (Å²) in [5, 5.41) is 13.3. The van der Waals surface area contributed by atoms with Crippen molar-refractivity contribution in [1.82, 2.24) is 0 Å². The van der Waals surface area contributed by atoms with E-state index in [2.05, 4.69) is 29.8 Å². The predicted molar refractivity (Wildman–Crippen MR) is 93.5 cm³/mol. The highest BCUT2D eigenvalue weighted by Gasteiger charge is 2.40. The molecule has 0 atom stereocenters. The Morgan fingerprint density at radius 1 is 0.857 bits per heavy atom. The molecule has 0 aromatic carbocycles. The summed E-state index contributed by atoms with van der Waals surface area (Å²) >= 11 is 3.80. The van der Waals surface area contributed by atoms with Gasteiger partial charge in [0.1, 0.15) is 0 Å². The van der Waals surface area contributed by atoms with Gasteiger partial charge in [0.05, 0.1) is 0 Å². The number of rotatable bonds is 8. The summed E-state index contributed by atoms with van der Waals surface area (Å²) in [4.78, 5) is 3.04. The monoisotopic (exact) mass is 320 g/mol. The molecular weight excluding hydrogens is 296 g/mol. The minimum Gasteiger partial charge on any atom is -0.396 e. The molecule has 0 unspecified atom stereocenters. The van der Waals surface area contributed by atoms with E-state index in [0.29, 0.717) is 6.61 Å². The van der Waals surface area contributed by atoms with Gasteiger partial charge in [0.25, 0.3) is 0 Å². The number of aliphatic hydroxyl groups excluding tert-OH is 1. The zero-order valence-corrected chi connectivity index (χ0v) is 14.4. The predicted octanol–water partition coefficient (Wildman–Crippen LogP) is 5.82. The van der Waals surface area contributed by atoms with Crippen molar-refractivity contribution in [1.29, 1.82) is 0 Å². The highest BCUT2D eigenvalue weighted by molar-refractivity contribution is 7.21. The molecular formula is C18H24OS2. The van der Waals surface area contributed by atoms with E-state index in [4.69, 9.17) is 5.11 Å². The molecule has 0 radical (unpaired) electrons. The van der Waals surface area contributed by atoms with Gasteiger partial charge in [-0.25, -0.2) is 0 Å². The van der Waals surface area contributed by atoms with E-state index in [1.165, 1.54) is 48.3 Å². The minimum absolute atomic E-state index is 0.246. The smallest absolute Gasteiger partial charge is 0.0486 e. The summed E-state index contributed by atoms with van der Waals surface area (Å²) in [6.07, 6.45) is 8.61. The van der Waals surface area contributed by atoms with Crippen molar-refractivity contribution in [2.75, 3.05) is 6.61 Å². The van der Waals surface area contributed by atoms with E-state index in [-0.39, 0.29) is 5.41 Å². The number of thiophene rings is 2. The van der Waals surface area contributed by atoms with Crippen molar-refractivity contribution < 1.29 is 5.11 Å². The largest absolute Gasteiger partial charge is 0.396 e. The number of hydrogen-bond acceptors (Lipinski definition) is 3. The molecule has 1 aliphatic carbocycles. The molecule has 21 heavy (non-hydrogen) atoms. The van der Waals surface area contributed by atoms with Gasteiger partial charge in [-0.3, -0.25) is 0 Å². The Balaban J connectivity index is 1.58. The average molecular weight is 321 g/mol. The molecule has 2 aromatic rings. The van der Waals surface area contributed by atoms with E-state index in [0.717, 1.165) is 6.42 Å². The molecule has 0 aliphatic heterocycles. The second kappa shape index (κ2) is 6.64. The molecule has 114 valence electrons. The van der Waals surface area contributed by atoms with Gasteiger partial charge in [-0.05, 0) is 46.9 Å². The lowest BCUT2D eigenvalue weighted by atomic mass is 9.77. The number of fused-ring (bicyclic) bond motifs is 3. The van der Waals surface area contributed by atoms with Gasteiger partial charge < -0.3 is 5.11 Å². The maximum Gasteiger partial charge on any atom is 0.0486 e. The van der Waals surface area contributed by atoms with Crippen LogP contribution in [-0.2, 0) is 5.41 Å². The second-order valence-electron chi connectivity index (χ2n) is 6.25. The first-order chi connectivity index (χ1) is 10.3. The third-order valence-electron chi connectivity index (χ3n) is 4.81. The summed E-state index contributed by atoms with van der Waals surface area (Å²) in [5.74, 6) is 0. The lowest BCUT2D eigenvalue weighted by Crippen LogP contribution is -2.19. The first-order valence-electron chi connectivity index (χ1n) is 8.04. The Labute approximate surface area is 135 Å². The second-order valence-corrected chi connectivity index (χ2v) is 8.09. The van der Waals surface area contributed by atoms with Crippen LogP contribution < -0.4 is 0 Å². The molecule has 1 aliphatic rings. The Morgan fingerprint density at radius 2 is 1.38 bits per heavy atom. The third kappa shape index (κ3) is 2.84. The first kappa shape index (κ1) is 15.3. The Kier molecular flexibility index (Phi) is 4.82. The highest BCUT2D eigenvalue weighted by atomic mass is 32.1. The van der Waals surface area contributed by atoms with Crippen molar-refractivity contribution in [2.45, 2.75) is 57.3 Å². The summed E-state index contributed by atoms with van der Waals surface area (Å²) in [5.41, 5.74) is 3.37. The van der Waals surface area contributed by atoms with Crippen LogP contribution in [0.5, 0.6) is 0 Å². The van der Waals surface area contributed by atoms with E-state index >= 15 is 0 Å². The van der Waals surface area contributed by atoms with Crippen LogP contribution in [0.25, 0.3) is 9.75 Å². The molecule has 0 saturated heterocycles. The van der Waals surface area contributed by atoms with Crippen LogP contribution in [0.4, 0.5) is 0 Å². The van der Waals surface area contributed by atoms with Crippen LogP contribution in [0.1, 0.15) is 63.0 Å². The number of unbranched alkanes of at least 4 members (excludes halogenated alkanes) is 5. The highest BCUT2D eigenvalue weighted by Crippen LogP contribution is 2.55. The fraction of sp³-hybridized carbons (Fsp3) is 0.556. The van der Waals surface area contributed by atoms with Gasteiger partial charge in [0, 0.05) is 21.8 Å². The molecule has 1 N–H and O–H groups in total. The van der Waals surface area contributed by atoms with Crippen LogP contribution in [0.15, 0.2) is 22.9 Å². The van der Waals surface area contributed by atoms with Gasteiger partial charge in [0.15, 0.2) is 0 Å². The van der Waals surface area contributed by atoms with Gasteiger partial charge in [0.2, 0.25) is 0 Å². The zero-order chi connectivity index (χ0) is 14.7. The van der Waals surface area contributed by atoms with Crippen molar-refractivity contribution >= 4 is 22.7 Å². The van der Waals surface area contributed by atoms with Gasteiger partial charge in [-0.2, -0.15) is 0 Å². The molecule has 0 saturated carbocycles. The van der Waals surface area contributed by atoms with Crippen LogP contribution in [-0.4, -0.2) is 11.7 Å². The van der Waals surface area contributed by atoms with Gasteiger partial charge >= 0.3 is 0 Å². The molecule has 0 fully saturated rings. The van der Waals surface area contributed by atoms with E-state index in [1.807, 2.05) is 22.7 Å². The molecule has 0 amide bonds. The summed E-state index contributed by atoms with van der Waals surface area (Å²) < 4.78 is 0. The summed E-state index contributed by atoms with van der Waals surface area (Å²) in [6, 6.07) is 4.68. The fourth-order valence-corrected chi connectivity index (χ4v) is 5.79. The van der Waals surface area contributed by atoms with Crippen LogP contribution in [0.2, 0.25) is 0 Å². The SMILES string of the molecule is CC1(CCCCCCCCO)c2ccsc2-c2sccc21. The normalized spacial score (nSPS) is 15.1. The fourth-order valence-electron chi connectivity index (χ4n) is 3.55. The molecule has 0 spiro atoms. The summed E-state index contributed by atoms with van der Waals surface area (Å²) in [6.45, 7) is 2.78. The Morgan fingerprint density at radius 3 is 1.95 bits per heavy atom. The van der Waals surface area contributed by atoms with E-state index in [9.17, 15) is 0 Å². The Hall–Kier alpha value is -0.640. The van der Waals surface area contributed by atoms with Crippen LogP contribution in [0.3, 0.4) is 0 Å². The van der Waals surface area contributed by atoms with Crippen molar-refractivity contribution in [3.05, 3.63) is 34.0 Å². The molecule has 3 heteroatoms. The molecule has 2 aromatic heterocycles. The van der Waals surface area contributed by atoms with Crippen LogP contribution >= 0.6 is 22.7 Å². The van der Waals surface area contributed by atoms with Crippen LogP contribution in [0, 0.1) is 0 Å². The third-order valence-corrected chi connectivity index (χ3v) is 6.80. The van der Waals surface area contributed by atoms with Gasteiger partial charge in [-0.1, -0.05) is 39.0 Å².